The van der Waals surface area contributed by atoms with Gasteiger partial charge in [0.25, 0.3) is 0 Å². The summed E-state index contributed by atoms with van der Waals surface area (Å²) in [4.78, 5) is 4.16. The fourth-order valence-corrected chi connectivity index (χ4v) is 2.43. The molecular weight excluding hydrogens is 451 g/mol. The predicted molar refractivity (Wildman–Crippen MR) is 111 cm³/mol. The summed E-state index contributed by atoms with van der Waals surface area (Å²) in [5.74, 6) is 0.110. The number of aliphatic imine (C=N–C) groups is 1. The maximum absolute atomic E-state index is 13.3. The molecule has 142 valence electrons. The Morgan fingerprint density at radius 1 is 1.12 bits per heavy atom. The Labute approximate surface area is 170 Å². The third kappa shape index (κ3) is 6.53. The lowest BCUT2D eigenvalue weighted by atomic mass is 10.1. The van der Waals surface area contributed by atoms with Crippen molar-refractivity contribution in [3.63, 3.8) is 0 Å². The van der Waals surface area contributed by atoms with Crippen LogP contribution >= 0.6 is 24.0 Å². The number of halogens is 3. The number of hydrogen-bond acceptors (Lipinski definition) is 2. The van der Waals surface area contributed by atoms with Crippen LogP contribution in [0.15, 0.2) is 47.5 Å². The van der Waals surface area contributed by atoms with Gasteiger partial charge in [-0.15, -0.1) is 24.0 Å². The van der Waals surface area contributed by atoms with Crippen LogP contribution in [0.3, 0.4) is 0 Å². The van der Waals surface area contributed by atoms with E-state index in [2.05, 4.69) is 15.6 Å². The highest BCUT2D eigenvalue weighted by molar-refractivity contribution is 14.0. The van der Waals surface area contributed by atoms with E-state index in [-0.39, 0.29) is 41.7 Å². The van der Waals surface area contributed by atoms with Crippen LogP contribution in [0.1, 0.15) is 22.8 Å². The number of rotatable bonds is 6. The average molecular weight is 475 g/mol. The van der Waals surface area contributed by atoms with Crippen molar-refractivity contribution in [3.05, 3.63) is 70.8 Å². The third-order valence-corrected chi connectivity index (χ3v) is 3.89. The Balaban J connectivity index is 0.00000338. The van der Waals surface area contributed by atoms with Crippen LogP contribution in [0, 0.1) is 18.6 Å². The second-order valence-electron chi connectivity index (χ2n) is 5.67. The first-order valence-corrected chi connectivity index (χ1v) is 8.01. The lowest BCUT2D eigenvalue weighted by Crippen LogP contribution is -2.39. The highest BCUT2D eigenvalue weighted by atomic mass is 127. The van der Waals surface area contributed by atoms with Crippen molar-refractivity contribution in [2.45, 2.75) is 19.6 Å². The molecule has 0 radical (unpaired) electrons. The van der Waals surface area contributed by atoms with Crippen LogP contribution in [-0.4, -0.2) is 26.7 Å². The van der Waals surface area contributed by atoms with Gasteiger partial charge < -0.3 is 15.4 Å². The quantitative estimate of drug-likeness (QED) is 0.378. The molecule has 1 atom stereocenters. The van der Waals surface area contributed by atoms with E-state index < -0.39 is 0 Å². The molecule has 0 aromatic heterocycles. The molecule has 0 amide bonds. The first kappa shape index (κ1) is 22.3. The molecular formula is C19H24F2IN3O. The fourth-order valence-electron chi connectivity index (χ4n) is 2.43. The highest BCUT2D eigenvalue weighted by Crippen LogP contribution is 2.16. The van der Waals surface area contributed by atoms with Gasteiger partial charge in [0.05, 0.1) is 6.10 Å². The monoisotopic (exact) mass is 475 g/mol. The molecule has 0 aliphatic rings. The van der Waals surface area contributed by atoms with E-state index in [1.54, 1.807) is 45.3 Å². The molecule has 2 rings (SSSR count). The summed E-state index contributed by atoms with van der Waals surface area (Å²) in [5, 5.41) is 6.35. The number of aryl methyl sites for hydroxylation is 1. The Morgan fingerprint density at radius 3 is 2.38 bits per heavy atom. The van der Waals surface area contributed by atoms with Gasteiger partial charge in [-0.3, -0.25) is 4.99 Å². The van der Waals surface area contributed by atoms with Gasteiger partial charge in [0.15, 0.2) is 5.96 Å². The molecule has 0 spiro atoms. The van der Waals surface area contributed by atoms with E-state index in [1.807, 2.05) is 0 Å². The number of nitrogens with one attached hydrogen (secondary N) is 2. The lowest BCUT2D eigenvalue weighted by molar-refractivity contribution is 0.106. The maximum atomic E-state index is 13.3. The molecule has 26 heavy (non-hydrogen) atoms. The number of ether oxygens (including phenoxy) is 1. The van der Waals surface area contributed by atoms with E-state index in [4.69, 9.17) is 4.74 Å². The molecule has 0 bridgehead atoms. The van der Waals surface area contributed by atoms with Gasteiger partial charge in [-0.05, 0) is 41.8 Å². The van der Waals surface area contributed by atoms with Crippen molar-refractivity contribution >= 4 is 29.9 Å². The van der Waals surface area contributed by atoms with E-state index in [0.717, 1.165) is 11.1 Å². The zero-order chi connectivity index (χ0) is 18.2. The smallest absolute Gasteiger partial charge is 0.191 e. The Kier molecular flexibility index (Phi) is 9.50. The number of hydrogen-bond donors (Lipinski definition) is 2. The summed E-state index contributed by atoms with van der Waals surface area (Å²) in [6, 6.07) is 11.2. The average Bonchev–Trinajstić information content (AvgIpc) is 2.62. The summed E-state index contributed by atoms with van der Waals surface area (Å²) in [6.07, 6.45) is -0.229. The van der Waals surface area contributed by atoms with Gasteiger partial charge in [-0.1, -0.05) is 24.3 Å². The topological polar surface area (TPSA) is 45.7 Å². The predicted octanol–water partition coefficient (Wildman–Crippen LogP) is 3.94. The Hall–Kier alpha value is -1.74. The van der Waals surface area contributed by atoms with Crippen LogP contribution in [0.2, 0.25) is 0 Å². The van der Waals surface area contributed by atoms with E-state index in [0.29, 0.717) is 24.6 Å². The first-order chi connectivity index (χ1) is 12.0. The molecule has 0 fully saturated rings. The fraction of sp³-hybridized carbons (Fsp3) is 0.316. The molecule has 7 heteroatoms. The SMILES string of the molecule is CN=C(NCc1ccc(F)c(C)c1)NCC(OC)c1ccc(F)cc1.I. The highest BCUT2D eigenvalue weighted by Gasteiger charge is 2.11. The standard InChI is InChI=1S/C19H23F2N3O.HI/c1-13-10-14(4-9-17(13)21)11-23-19(22-2)24-12-18(25-3)15-5-7-16(20)8-6-15;/h4-10,18H,11-12H2,1-3H3,(H2,22,23,24);1H. The lowest BCUT2D eigenvalue weighted by Gasteiger charge is -2.19. The van der Waals surface area contributed by atoms with Gasteiger partial charge in [0.2, 0.25) is 0 Å². The Morgan fingerprint density at radius 2 is 1.81 bits per heavy atom. The van der Waals surface area contributed by atoms with Gasteiger partial charge in [0.1, 0.15) is 11.6 Å². The molecule has 1 unspecified atom stereocenters. The van der Waals surface area contributed by atoms with Crippen molar-refractivity contribution in [3.8, 4) is 0 Å². The molecule has 2 aromatic carbocycles. The van der Waals surface area contributed by atoms with Crippen LogP contribution in [0.5, 0.6) is 0 Å². The minimum absolute atomic E-state index is 0. The zero-order valence-electron chi connectivity index (χ0n) is 15.1. The van der Waals surface area contributed by atoms with Crippen LogP contribution in [-0.2, 0) is 11.3 Å². The summed E-state index contributed by atoms with van der Waals surface area (Å²) >= 11 is 0. The molecule has 0 heterocycles. The third-order valence-electron chi connectivity index (χ3n) is 3.89. The van der Waals surface area contributed by atoms with Gasteiger partial charge in [0, 0.05) is 27.2 Å². The molecule has 2 N–H and O–H groups in total. The Bertz CT molecular complexity index is 723. The second kappa shape index (κ2) is 11.1. The first-order valence-electron chi connectivity index (χ1n) is 8.01. The van der Waals surface area contributed by atoms with Crippen LogP contribution in [0.4, 0.5) is 8.78 Å². The summed E-state index contributed by atoms with van der Waals surface area (Å²) in [7, 11) is 3.28. The summed E-state index contributed by atoms with van der Waals surface area (Å²) in [6.45, 7) is 2.73. The van der Waals surface area contributed by atoms with Crippen LogP contribution < -0.4 is 10.6 Å². The number of methoxy groups -OCH3 is 1. The zero-order valence-corrected chi connectivity index (χ0v) is 17.4. The van der Waals surface area contributed by atoms with Gasteiger partial charge >= 0.3 is 0 Å². The van der Waals surface area contributed by atoms with E-state index >= 15 is 0 Å². The van der Waals surface area contributed by atoms with E-state index in [9.17, 15) is 8.78 Å². The second-order valence-corrected chi connectivity index (χ2v) is 5.67. The molecule has 0 saturated heterocycles. The number of guanidine groups is 1. The normalized spacial score (nSPS) is 12.3. The van der Waals surface area contributed by atoms with Crippen LogP contribution in [0.25, 0.3) is 0 Å². The number of benzene rings is 2. The number of nitrogens with zero attached hydrogens (tertiary/aromatic N) is 1. The summed E-state index contributed by atoms with van der Waals surface area (Å²) < 4.78 is 31.8. The van der Waals surface area contributed by atoms with Gasteiger partial charge in [-0.2, -0.15) is 0 Å². The maximum Gasteiger partial charge on any atom is 0.191 e. The molecule has 4 nitrogen and oxygen atoms in total. The van der Waals surface area contributed by atoms with Crippen molar-refractivity contribution < 1.29 is 13.5 Å². The van der Waals surface area contributed by atoms with Crippen molar-refractivity contribution in [2.24, 2.45) is 4.99 Å². The van der Waals surface area contributed by atoms with Crippen molar-refractivity contribution in [2.75, 3.05) is 20.7 Å². The molecule has 0 aliphatic heterocycles. The largest absolute Gasteiger partial charge is 0.375 e. The molecule has 0 aliphatic carbocycles. The van der Waals surface area contributed by atoms with Gasteiger partial charge in [-0.25, -0.2) is 8.78 Å². The van der Waals surface area contributed by atoms with Crippen molar-refractivity contribution in [1.29, 1.82) is 0 Å². The minimum atomic E-state index is -0.279. The molecule has 0 saturated carbocycles. The van der Waals surface area contributed by atoms with E-state index in [1.165, 1.54) is 18.2 Å². The molecule has 2 aromatic rings. The van der Waals surface area contributed by atoms with Crippen molar-refractivity contribution in [1.82, 2.24) is 10.6 Å². The summed E-state index contributed by atoms with van der Waals surface area (Å²) in [5.41, 5.74) is 2.45. The minimum Gasteiger partial charge on any atom is -0.375 e.